The molecule has 2 atom stereocenters. The van der Waals surface area contributed by atoms with Crippen LogP contribution in [0, 0.1) is 5.92 Å². The number of aryl methyl sites for hydroxylation is 2. The SMILES string of the molecule is Cl.Nc1nc2nc(CCc3ccc(C(=O)C[C@H](CCC(=O)CCCCC[C@@H](N)C(=O)N4C/C(=C\c5ccc(Cl)c(Cl)c5)C(=O)/C(=C/c5ccc(Cl)c(Cl)c5)C4)C(=O)O)cc3)cnc2c(=O)[nH]1. The number of nitrogens with zero attached hydrogens (tertiary/aromatic N) is 4. The van der Waals surface area contributed by atoms with Crippen molar-refractivity contribution in [1.29, 1.82) is 0 Å². The topological polar surface area (TPSA) is 232 Å². The number of fused-ring (bicyclic) bond motifs is 1. The van der Waals surface area contributed by atoms with E-state index in [0.29, 0.717) is 92.1 Å². The molecule has 2 aromatic heterocycles. The van der Waals surface area contributed by atoms with Gasteiger partial charge in [-0.05, 0) is 85.2 Å². The number of H-pyrrole nitrogens is 1. The largest absolute Gasteiger partial charge is 0.481 e. The Kier molecular flexibility index (Phi) is 18.6. The summed E-state index contributed by atoms with van der Waals surface area (Å²) in [6.07, 6.45) is 7.92. The Labute approximate surface area is 406 Å². The van der Waals surface area contributed by atoms with Crippen molar-refractivity contribution < 1.29 is 29.1 Å². The molecule has 66 heavy (non-hydrogen) atoms. The van der Waals surface area contributed by atoms with Crippen LogP contribution in [0.2, 0.25) is 20.1 Å². The molecule has 0 aliphatic carbocycles. The van der Waals surface area contributed by atoms with Gasteiger partial charge in [-0.3, -0.25) is 33.8 Å². The highest BCUT2D eigenvalue weighted by molar-refractivity contribution is 6.42. The van der Waals surface area contributed by atoms with Crippen LogP contribution in [-0.2, 0) is 32.0 Å². The van der Waals surface area contributed by atoms with E-state index in [1.807, 2.05) is 0 Å². The average Bonchev–Trinajstić information content (AvgIpc) is 3.27. The van der Waals surface area contributed by atoms with Crippen LogP contribution in [0.3, 0.4) is 0 Å². The molecule has 1 fully saturated rings. The average molecular weight is 998 g/mol. The van der Waals surface area contributed by atoms with E-state index >= 15 is 0 Å². The van der Waals surface area contributed by atoms with Gasteiger partial charge in [-0.2, -0.15) is 4.98 Å². The molecule has 1 aliphatic heterocycles. The second-order valence-electron chi connectivity index (χ2n) is 15.8. The lowest BCUT2D eigenvalue weighted by atomic mass is 9.92. The number of nitrogen functional groups attached to an aromatic ring is 1. The first-order valence-corrected chi connectivity index (χ1v) is 22.3. The van der Waals surface area contributed by atoms with Gasteiger partial charge in [-0.1, -0.05) is 95.6 Å². The summed E-state index contributed by atoms with van der Waals surface area (Å²) in [7, 11) is 0. The predicted molar refractivity (Wildman–Crippen MR) is 259 cm³/mol. The zero-order valence-electron chi connectivity index (χ0n) is 35.4. The highest BCUT2D eigenvalue weighted by Crippen LogP contribution is 2.29. The number of halogens is 5. The number of rotatable bonds is 19. The highest BCUT2D eigenvalue weighted by atomic mass is 35.5. The zero-order chi connectivity index (χ0) is 46.8. The van der Waals surface area contributed by atoms with Crippen molar-refractivity contribution in [1.82, 2.24) is 24.8 Å². The predicted octanol–water partition coefficient (Wildman–Crippen LogP) is 8.60. The van der Waals surface area contributed by atoms with E-state index in [2.05, 4.69) is 19.9 Å². The van der Waals surface area contributed by atoms with Gasteiger partial charge in [-0.25, -0.2) is 9.97 Å². The molecule has 5 aromatic rings. The Bertz CT molecular complexity index is 2690. The van der Waals surface area contributed by atoms with Gasteiger partial charge in [-0.15, -0.1) is 12.4 Å². The lowest BCUT2D eigenvalue weighted by Crippen LogP contribution is -2.48. The Hall–Kier alpha value is -5.48. The molecule has 3 heterocycles. The zero-order valence-corrected chi connectivity index (χ0v) is 39.2. The van der Waals surface area contributed by atoms with Gasteiger partial charge in [0.15, 0.2) is 22.7 Å². The fourth-order valence-corrected chi connectivity index (χ4v) is 7.97. The van der Waals surface area contributed by atoms with Gasteiger partial charge in [0.05, 0.1) is 37.7 Å². The number of piperidine rings is 1. The van der Waals surface area contributed by atoms with Gasteiger partial charge in [0.1, 0.15) is 5.78 Å². The number of hydrogen-bond acceptors (Lipinski definition) is 11. The number of aromatic amines is 1. The quantitative estimate of drug-likeness (QED) is 0.0346. The third kappa shape index (κ3) is 14.0. The van der Waals surface area contributed by atoms with Gasteiger partial charge in [0, 0.05) is 55.3 Å². The van der Waals surface area contributed by atoms with Crippen LogP contribution in [0.1, 0.15) is 84.1 Å². The number of Topliss-reactive ketones (excluding diaryl/α,β-unsaturated/α-hetero) is 3. The number of nitrogens with two attached hydrogens (primary N) is 2. The molecule has 6 N–H and O–H groups in total. The summed E-state index contributed by atoms with van der Waals surface area (Å²) in [4.78, 5) is 93.8. The minimum atomic E-state index is -1.15. The second kappa shape index (κ2) is 23.8. The van der Waals surface area contributed by atoms with E-state index in [-0.39, 0.29) is 91.5 Å². The van der Waals surface area contributed by atoms with E-state index in [4.69, 9.17) is 57.9 Å². The number of aromatic nitrogens is 4. The molecule has 346 valence electrons. The fourth-order valence-electron chi connectivity index (χ4n) is 7.36. The number of carboxylic acid groups (broad SMARTS) is 1. The summed E-state index contributed by atoms with van der Waals surface area (Å²) in [6.45, 7) is 0.0542. The summed E-state index contributed by atoms with van der Waals surface area (Å²) in [5, 5.41) is 11.2. The van der Waals surface area contributed by atoms with Crippen molar-refractivity contribution in [3.8, 4) is 0 Å². The Morgan fingerprint density at radius 1 is 0.788 bits per heavy atom. The highest BCUT2D eigenvalue weighted by Gasteiger charge is 2.31. The number of carbonyl (C=O) groups is 5. The summed E-state index contributed by atoms with van der Waals surface area (Å²) in [5.41, 5.74) is 15.6. The molecule has 0 radical (unpaired) electrons. The molecule has 3 aromatic carbocycles. The van der Waals surface area contributed by atoms with Crippen molar-refractivity contribution in [2.24, 2.45) is 11.7 Å². The van der Waals surface area contributed by atoms with Crippen molar-refractivity contribution in [2.75, 3.05) is 18.8 Å². The summed E-state index contributed by atoms with van der Waals surface area (Å²) in [6, 6.07) is 15.9. The standard InChI is InChI=1S/C47H45Cl4N7O7.ClH/c48-35-16-9-27(20-37(35)50)18-31-24-58(25-32(42(31)61)19-28-10-17-36(49)38(51)21-28)45(63)39(52)5-3-1-2-4-34(59)15-13-30(46(64)65)22-40(60)29-11-6-26(7-12-29)8-14-33-23-54-41-43(55-33)56-47(53)57-44(41)62;/h6-7,9-12,16-21,23,30,39H,1-5,8,13-15,22,24-25,52H2,(H,64,65)(H3,53,55,56,57,62);1H/b31-18+,32-19+;/t30-,39+;/m0./s1. The first-order valence-electron chi connectivity index (χ1n) is 20.8. The van der Waals surface area contributed by atoms with Gasteiger partial charge in [0.25, 0.3) is 5.56 Å². The minimum absolute atomic E-state index is 0. The molecule has 6 rings (SSSR count). The van der Waals surface area contributed by atoms with Crippen LogP contribution < -0.4 is 17.0 Å². The van der Waals surface area contributed by atoms with E-state index in [1.165, 1.54) is 11.1 Å². The van der Waals surface area contributed by atoms with Gasteiger partial charge < -0.3 is 21.5 Å². The van der Waals surface area contributed by atoms with Crippen LogP contribution in [0.4, 0.5) is 5.95 Å². The van der Waals surface area contributed by atoms with Gasteiger partial charge >= 0.3 is 5.97 Å². The van der Waals surface area contributed by atoms with Crippen molar-refractivity contribution in [2.45, 2.75) is 70.3 Å². The van der Waals surface area contributed by atoms with Crippen LogP contribution >= 0.6 is 58.8 Å². The summed E-state index contributed by atoms with van der Waals surface area (Å²) >= 11 is 24.7. The van der Waals surface area contributed by atoms with Crippen molar-refractivity contribution >= 4 is 117 Å². The minimum Gasteiger partial charge on any atom is -0.481 e. The van der Waals surface area contributed by atoms with Crippen LogP contribution in [0.25, 0.3) is 23.3 Å². The number of carboxylic acids is 1. The van der Waals surface area contributed by atoms with E-state index in [0.717, 1.165) is 5.56 Å². The van der Waals surface area contributed by atoms with Crippen molar-refractivity contribution in [3.05, 3.63) is 136 Å². The number of nitrogens with one attached hydrogen (secondary N) is 1. The number of aliphatic carboxylic acids is 1. The number of ketones is 3. The maximum atomic E-state index is 13.7. The third-order valence-electron chi connectivity index (χ3n) is 11.0. The second-order valence-corrected chi connectivity index (χ2v) is 17.5. The monoisotopic (exact) mass is 995 g/mol. The number of anilines is 1. The van der Waals surface area contributed by atoms with E-state index in [9.17, 15) is 33.9 Å². The molecule has 1 aliphatic rings. The third-order valence-corrected chi connectivity index (χ3v) is 12.4. The first-order chi connectivity index (χ1) is 31.0. The Balaban J connectivity index is 0.00000817. The maximum Gasteiger partial charge on any atom is 0.306 e. The number of carbonyl (C=O) groups excluding carboxylic acids is 4. The lowest BCUT2D eigenvalue weighted by molar-refractivity contribution is -0.142. The number of unbranched alkanes of at least 4 members (excludes halogenated alkanes) is 2. The molecule has 14 nitrogen and oxygen atoms in total. The number of likely N-dealkylation sites (tertiary alicyclic amines) is 1. The summed E-state index contributed by atoms with van der Waals surface area (Å²) < 4.78 is 0. The molecule has 0 bridgehead atoms. The lowest BCUT2D eigenvalue weighted by Gasteiger charge is -2.32. The molecule has 0 unspecified atom stereocenters. The van der Waals surface area contributed by atoms with Crippen LogP contribution in [-0.4, -0.2) is 78.3 Å². The molecular weight excluding hydrogens is 952 g/mol. The molecular formula is C47H46Cl5N7O7. The fraction of sp³-hybridized carbons (Fsp3) is 0.298. The first kappa shape index (κ1) is 51.5. The Morgan fingerprint density at radius 3 is 2.00 bits per heavy atom. The molecule has 0 saturated carbocycles. The number of amides is 1. The molecule has 0 spiro atoms. The van der Waals surface area contributed by atoms with Gasteiger partial charge in [0.2, 0.25) is 11.9 Å². The maximum absolute atomic E-state index is 13.7. The number of benzene rings is 3. The number of hydrogen-bond donors (Lipinski definition) is 4. The Morgan fingerprint density at radius 2 is 1.41 bits per heavy atom. The van der Waals surface area contributed by atoms with Crippen LogP contribution in [0.15, 0.2) is 82.8 Å². The summed E-state index contributed by atoms with van der Waals surface area (Å²) in [5.74, 6) is -3.27. The van der Waals surface area contributed by atoms with E-state index < -0.39 is 23.5 Å². The molecule has 1 amide bonds. The van der Waals surface area contributed by atoms with Crippen molar-refractivity contribution in [3.63, 3.8) is 0 Å². The normalized spacial score (nSPS) is 14.9. The smallest absolute Gasteiger partial charge is 0.306 e. The molecule has 19 heteroatoms. The van der Waals surface area contributed by atoms with E-state index in [1.54, 1.807) is 72.8 Å². The molecule has 1 saturated heterocycles. The van der Waals surface area contributed by atoms with Crippen LogP contribution in [0.5, 0.6) is 0 Å².